The zero-order valence-corrected chi connectivity index (χ0v) is 14.5. The van der Waals surface area contributed by atoms with Gasteiger partial charge in [0.05, 0.1) is 24.9 Å². The molecule has 0 bridgehead atoms. The summed E-state index contributed by atoms with van der Waals surface area (Å²) in [5.74, 6) is -0.0433. The maximum Gasteiger partial charge on any atom is 0.239 e. The van der Waals surface area contributed by atoms with E-state index in [4.69, 9.17) is 4.74 Å². The Kier molecular flexibility index (Phi) is 5.67. The van der Waals surface area contributed by atoms with E-state index < -0.39 is 0 Å². The number of nitrogens with zero attached hydrogens (tertiary/aromatic N) is 5. The predicted octanol–water partition coefficient (Wildman–Crippen LogP) is -0.319. The Balaban J connectivity index is 1.43. The van der Waals surface area contributed by atoms with Crippen LogP contribution in [0.4, 0.5) is 0 Å². The standard InChI is InChI=1S/C14H22N6O3S/c1-19(8-12(21)15-10-4-5-10)13(22)9-24-14-16-17-18-20(14)7-11-3-2-6-23-11/h10-11H,2-9H2,1H3,(H,15,21)/t11-/m1/s1. The molecular formula is C14H22N6O3S. The van der Waals surface area contributed by atoms with Gasteiger partial charge in [-0.15, -0.1) is 5.10 Å². The van der Waals surface area contributed by atoms with Gasteiger partial charge in [0.2, 0.25) is 17.0 Å². The van der Waals surface area contributed by atoms with Crippen LogP contribution in [-0.4, -0.2) is 75.0 Å². The number of carbonyl (C=O) groups is 2. The number of amides is 2. The molecule has 1 aromatic heterocycles. The first-order chi connectivity index (χ1) is 11.6. The predicted molar refractivity (Wildman–Crippen MR) is 86.3 cm³/mol. The van der Waals surface area contributed by atoms with E-state index in [1.807, 2.05) is 0 Å². The molecule has 0 aromatic carbocycles. The second kappa shape index (κ2) is 7.93. The number of tetrazole rings is 1. The fourth-order valence-electron chi connectivity index (χ4n) is 2.44. The largest absolute Gasteiger partial charge is 0.376 e. The summed E-state index contributed by atoms with van der Waals surface area (Å²) in [7, 11) is 1.63. The molecule has 0 unspecified atom stereocenters. The molecule has 1 saturated heterocycles. The maximum atomic E-state index is 12.2. The molecule has 2 amide bonds. The maximum absolute atomic E-state index is 12.2. The van der Waals surface area contributed by atoms with Crippen LogP contribution in [0.5, 0.6) is 0 Å². The van der Waals surface area contributed by atoms with Gasteiger partial charge < -0.3 is 15.0 Å². The molecule has 3 rings (SSSR count). The first-order valence-electron chi connectivity index (χ1n) is 8.15. The first kappa shape index (κ1) is 17.2. The molecule has 10 heteroatoms. The molecule has 2 aliphatic rings. The third-order valence-corrected chi connectivity index (χ3v) is 4.92. The molecule has 132 valence electrons. The van der Waals surface area contributed by atoms with Crippen LogP contribution in [-0.2, 0) is 20.9 Å². The summed E-state index contributed by atoms with van der Waals surface area (Å²) in [5, 5.41) is 15.0. The minimum Gasteiger partial charge on any atom is -0.376 e. The van der Waals surface area contributed by atoms with Gasteiger partial charge >= 0.3 is 0 Å². The second-order valence-corrected chi connectivity index (χ2v) is 7.10. The Bertz CT molecular complexity index is 585. The van der Waals surface area contributed by atoms with E-state index in [1.54, 1.807) is 11.7 Å². The van der Waals surface area contributed by atoms with Crippen molar-refractivity contribution in [2.75, 3.05) is 26.0 Å². The summed E-state index contributed by atoms with van der Waals surface area (Å²) in [6.07, 6.45) is 4.26. The molecule has 1 aromatic rings. The van der Waals surface area contributed by atoms with Crippen LogP contribution in [0.2, 0.25) is 0 Å². The van der Waals surface area contributed by atoms with Crippen molar-refractivity contribution in [2.24, 2.45) is 0 Å². The van der Waals surface area contributed by atoms with Gasteiger partial charge in [-0.05, 0) is 36.1 Å². The summed E-state index contributed by atoms with van der Waals surface area (Å²) >= 11 is 1.28. The van der Waals surface area contributed by atoms with E-state index in [2.05, 4.69) is 20.8 Å². The summed E-state index contributed by atoms with van der Waals surface area (Å²) in [5.41, 5.74) is 0. The highest BCUT2D eigenvalue weighted by molar-refractivity contribution is 7.99. The van der Waals surface area contributed by atoms with Gasteiger partial charge in [-0.25, -0.2) is 4.68 Å². The van der Waals surface area contributed by atoms with Crippen LogP contribution < -0.4 is 5.32 Å². The molecule has 1 N–H and O–H groups in total. The van der Waals surface area contributed by atoms with Crippen LogP contribution >= 0.6 is 11.8 Å². The Labute approximate surface area is 144 Å². The fourth-order valence-corrected chi connectivity index (χ4v) is 3.26. The van der Waals surface area contributed by atoms with Gasteiger partial charge in [0, 0.05) is 19.7 Å². The Morgan fingerprint density at radius 1 is 1.42 bits per heavy atom. The highest BCUT2D eigenvalue weighted by Crippen LogP contribution is 2.19. The number of aromatic nitrogens is 4. The molecule has 1 saturated carbocycles. The van der Waals surface area contributed by atoms with Gasteiger partial charge in [-0.3, -0.25) is 9.59 Å². The summed E-state index contributed by atoms with van der Waals surface area (Å²) in [6.45, 7) is 1.46. The highest BCUT2D eigenvalue weighted by Gasteiger charge is 2.24. The van der Waals surface area contributed by atoms with Gasteiger partial charge in [-0.1, -0.05) is 11.8 Å². The fraction of sp³-hybridized carbons (Fsp3) is 0.786. The lowest BCUT2D eigenvalue weighted by atomic mass is 10.2. The summed E-state index contributed by atoms with van der Waals surface area (Å²) in [6, 6.07) is 0.304. The van der Waals surface area contributed by atoms with Crippen molar-refractivity contribution in [1.82, 2.24) is 30.4 Å². The zero-order valence-electron chi connectivity index (χ0n) is 13.7. The summed E-state index contributed by atoms with van der Waals surface area (Å²) < 4.78 is 7.25. The van der Waals surface area contributed by atoms with E-state index >= 15 is 0 Å². The van der Waals surface area contributed by atoms with Crippen molar-refractivity contribution in [3.8, 4) is 0 Å². The molecule has 1 aliphatic carbocycles. The lowest BCUT2D eigenvalue weighted by molar-refractivity contribution is -0.132. The molecule has 0 spiro atoms. The van der Waals surface area contributed by atoms with Crippen LogP contribution in [0.25, 0.3) is 0 Å². The van der Waals surface area contributed by atoms with E-state index in [0.29, 0.717) is 17.7 Å². The smallest absolute Gasteiger partial charge is 0.239 e. The average Bonchev–Trinajstić information content (AvgIpc) is 3.03. The minimum absolute atomic E-state index is 0.0801. The monoisotopic (exact) mass is 354 g/mol. The zero-order chi connectivity index (χ0) is 16.9. The quantitative estimate of drug-likeness (QED) is 0.638. The number of ether oxygens (including phenoxy) is 1. The molecule has 9 nitrogen and oxygen atoms in total. The van der Waals surface area contributed by atoms with Crippen molar-refractivity contribution in [3.05, 3.63) is 0 Å². The van der Waals surface area contributed by atoms with Gasteiger partial charge in [0.25, 0.3) is 0 Å². The third kappa shape index (κ3) is 4.91. The van der Waals surface area contributed by atoms with Gasteiger partial charge in [0.15, 0.2) is 0 Å². The number of hydrogen-bond acceptors (Lipinski definition) is 7. The number of rotatable bonds is 8. The molecule has 1 atom stereocenters. The Hall–Kier alpha value is -1.68. The number of thioether (sulfide) groups is 1. The molecule has 0 radical (unpaired) electrons. The Morgan fingerprint density at radius 2 is 2.25 bits per heavy atom. The van der Waals surface area contributed by atoms with Crippen LogP contribution in [0, 0.1) is 0 Å². The van der Waals surface area contributed by atoms with E-state index in [-0.39, 0.29) is 30.2 Å². The van der Waals surface area contributed by atoms with E-state index in [1.165, 1.54) is 16.7 Å². The van der Waals surface area contributed by atoms with E-state index in [0.717, 1.165) is 32.3 Å². The number of hydrogen-bond donors (Lipinski definition) is 1. The number of nitrogens with one attached hydrogen (secondary N) is 1. The van der Waals surface area contributed by atoms with Crippen molar-refractivity contribution >= 4 is 23.6 Å². The van der Waals surface area contributed by atoms with Crippen molar-refractivity contribution < 1.29 is 14.3 Å². The molecule has 2 heterocycles. The molecule has 2 fully saturated rings. The topological polar surface area (TPSA) is 102 Å². The molecular weight excluding hydrogens is 332 g/mol. The van der Waals surface area contributed by atoms with E-state index in [9.17, 15) is 9.59 Å². The van der Waals surface area contributed by atoms with Crippen LogP contribution in [0.15, 0.2) is 5.16 Å². The third-order valence-electron chi connectivity index (χ3n) is 3.97. The van der Waals surface area contributed by atoms with Crippen molar-refractivity contribution in [2.45, 2.75) is 49.5 Å². The SMILES string of the molecule is CN(CC(=O)NC1CC1)C(=O)CSc1nnnn1C[C@H]1CCCO1. The average molecular weight is 354 g/mol. The Morgan fingerprint density at radius 3 is 2.96 bits per heavy atom. The number of likely N-dealkylation sites (N-methyl/N-ethyl adjacent to an activating group) is 1. The van der Waals surface area contributed by atoms with Crippen molar-refractivity contribution in [3.63, 3.8) is 0 Å². The lowest BCUT2D eigenvalue weighted by Gasteiger charge is -2.16. The lowest BCUT2D eigenvalue weighted by Crippen LogP contribution is -2.39. The highest BCUT2D eigenvalue weighted by atomic mass is 32.2. The molecule has 1 aliphatic heterocycles. The summed E-state index contributed by atoms with van der Waals surface area (Å²) in [4.78, 5) is 25.3. The van der Waals surface area contributed by atoms with Gasteiger partial charge in [-0.2, -0.15) is 0 Å². The van der Waals surface area contributed by atoms with Crippen molar-refractivity contribution in [1.29, 1.82) is 0 Å². The second-order valence-electron chi connectivity index (χ2n) is 6.16. The van der Waals surface area contributed by atoms with Gasteiger partial charge in [0.1, 0.15) is 0 Å². The molecule has 24 heavy (non-hydrogen) atoms. The minimum atomic E-state index is -0.127. The number of carbonyl (C=O) groups excluding carboxylic acids is 2. The van der Waals surface area contributed by atoms with Crippen LogP contribution in [0.1, 0.15) is 25.7 Å². The normalized spacial score (nSPS) is 20.1. The van der Waals surface area contributed by atoms with Crippen LogP contribution in [0.3, 0.4) is 0 Å². The first-order valence-corrected chi connectivity index (χ1v) is 9.14.